The van der Waals surface area contributed by atoms with E-state index in [1.165, 1.54) is 12.8 Å². The van der Waals surface area contributed by atoms with Gasteiger partial charge in [0.25, 0.3) is 5.88 Å². The molecular formula is C22H37IN4O5S. The lowest BCUT2D eigenvalue weighted by atomic mass is 10.1. The second-order valence-electron chi connectivity index (χ2n) is 9.35. The van der Waals surface area contributed by atoms with Gasteiger partial charge in [0, 0.05) is 12.0 Å². The zero-order chi connectivity index (χ0) is 23.6. The average molecular weight is 597 g/mol. The van der Waals surface area contributed by atoms with E-state index in [0.29, 0.717) is 23.5 Å². The zero-order valence-electron chi connectivity index (χ0n) is 20.3. The number of unbranched alkanes of at least 4 members (excludes halogenated alkanes) is 3. The molecule has 33 heavy (non-hydrogen) atoms. The summed E-state index contributed by atoms with van der Waals surface area (Å²) in [6.07, 6.45) is 6.91. The highest BCUT2D eigenvalue weighted by Crippen LogP contribution is 2.30. The average Bonchev–Trinajstić information content (AvgIpc) is 3.18. The van der Waals surface area contributed by atoms with Gasteiger partial charge in [0.15, 0.2) is 0 Å². The number of rotatable bonds is 11. The van der Waals surface area contributed by atoms with E-state index >= 15 is 0 Å². The van der Waals surface area contributed by atoms with Gasteiger partial charge in [-0.1, -0.05) is 32.3 Å². The van der Waals surface area contributed by atoms with Crippen LogP contribution >= 0.6 is 11.7 Å². The maximum absolute atomic E-state index is 12.1. The Morgan fingerprint density at radius 3 is 2.67 bits per heavy atom. The molecule has 9 nitrogen and oxygen atoms in total. The van der Waals surface area contributed by atoms with Gasteiger partial charge in [0.2, 0.25) is 6.73 Å². The van der Waals surface area contributed by atoms with Gasteiger partial charge < -0.3 is 43.5 Å². The molecule has 0 spiro atoms. The van der Waals surface area contributed by atoms with E-state index in [0.717, 1.165) is 48.8 Å². The first-order valence-electron chi connectivity index (χ1n) is 11.2. The van der Waals surface area contributed by atoms with Crippen LogP contribution < -0.4 is 34.0 Å². The molecule has 1 aliphatic rings. The van der Waals surface area contributed by atoms with Gasteiger partial charge in [-0.2, -0.15) is 4.37 Å². The third-order valence-electron chi connectivity index (χ3n) is 4.92. The van der Waals surface area contributed by atoms with Gasteiger partial charge in [0.1, 0.15) is 24.4 Å². The van der Waals surface area contributed by atoms with Crippen LogP contribution in [0.2, 0.25) is 0 Å². The van der Waals surface area contributed by atoms with Crippen molar-refractivity contribution >= 4 is 29.4 Å². The summed E-state index contributed by atoms with van der Waals surface area (Å²) in [5.41, 5.74) is 1.22. The first-order valence-corrected chi connectivity index (χ1v) is 12.0. The molecule has 1 aromatic heterocycles. The summed E-state index contributed by atoms with van der Waals surface area (Å²) in [7, 11) is 2.03. The van der Waals surface area contributed by atoms with Gasteiger partial charge in [-0.25, -0.2) is 9.59 Å². The van der Waals surface area contributed by atoms with E-state index in [1.54, 1.807) is 20.8 Å². The maximum Gasteiger partial charge on any atom is 0.408 e. The highest BCUT2D eigenvalue weighted by Gasteiger charge is 2.31. The highest BCUT2D eigenvalue weighted by molar-refractivity contribution is 6.99. The summed E-state index contributed by atoms with van der Waals surface area (Å²) in [4.78, 5) is 23.8. The molecule has 188 valence electrons. The molecule has 0 aliphatic carbocycles. The van der Waals surface area contributed by atoms with Crippen molar-refractivity contribution < 1.29 is 52.3 Å². The van der Waals surface area contributed by atoms with Crippen molar-refractivity contribution in [2.75, 3.05) is 40.0 Å². The number of halogens is 1. The van der Waals surface area contributed by atoms with Crippen LogP contribution in [0.3, 0.4) is 0 Å². The van der Waals surface area contributed by atoms with Gasteiger partial charge in [-0.15, -0.1) is 4.37 Å². The summed E-state index contributed by atoms with van der Waals surface area (Å²) in [6.45, 7) is 9.57. The lowest BCUT2D eigenvalue weighted by Gasteiger charge is -2.36. The SMILES string of the molecule is CCCCCCOc1nsnc1C1=CCC[N+](C)(COC(=O)CNC(=O)OC(C)(C)C)C1.[I-]. The van der Waals surface area contributed by atoms with E-state index in [-0.39, 0.29) is 37.3 Å². The third-order valence-corrected chi connectivity index (χ3v) is 5.44. The van der Waals surface area contributed by atoms with Crippen molar-refractivity contribution in [1.29, 1.82) is 0 Å². The standard InChI is InChI=1S/C22H36N4O5S.HI/c1-6-7-8-9-13-29-20-19(24-32-25-20)17-11-10-12-26(5,15-17)16-30-18(27)14-23-21(28)31-22(2,3)4;/h11H,6-10,12-16H2,1-5H3;1H. The summed E-state index contributed by atoms with van der Waals surface area (Å²) in [6, 6.07) is 0. The topological polar surface area (TPSA) is 99.6 Å². The molecule has 1 amide bonds. The minimum Gasteiger partial charge on any atom is -1.00 e. The molecule has 1 aliphatic heterocycles. The summed E-state index contributed by atoms with van der Waals surface area (Å²) in [5.74, 6) is 0.0856. The normalized spacial score (nSPS) is 18.0. The number of nitrogens with zero attached hydrogens (tertiary/aromatic N) is 3. The maximum atomic E-state index is 12.1. The summed E-state index contributed by atoms with van der Waals surface area (Å²) < 4.78 is 25.7. The first kappa shape index (κ1) is 29.6. The van der Waals surface area contributed by atoms with Crippen molar-refractivity contribution in [3.05, 3.63) is 11.8 Å². The van der Waals surface area contributed by atoms with Crippen molar-refractivity contribution in [2.24, 2.45) is 0 Å². The van der Waals surface area contributed by atoms with Crippen LogP contribution in [0.15, 0.2) is 6.08 Å². The van der Waals surface area contributed by atoms with Crippen LogP contribution in [0.4, 0.5) is 4.79 Å². The molecule has 0 saturated heterocycles. The number of nitrogens with one attached hydrogen (secondary N) is 1. The van der Waals surface area contributed by atoms with E-state index in [9.17, 15) is 9.59 Å². The van der Waals surface area contributed by atoms with Crippen LogP contribution in [-0.2, 0) is 14.3 Å². The Bertz CT molecular complexity index is 796. The van der Waals surface area contributed by atoms with Crippen molar-refractivity contribution in [3.8, 4) is 5.88 Å². The lowest BCUT2D eigenvalue weighted by Crippen LogP contribution is -3.00. The van der Waals surface area contributed by atoms with Crippen LogP contribution in [0.1, 0.15) is 65.5 Å². The smallest absolute Gasteiger partial charge is 0.408 e. The fraction of sp³-hybridized carbons (Fsp3) is 0.727. The Balaban J connectivity index is 0.00000544. The Labute approximate surface area is 218 Å². The predicted octanol–water partition coefficient (Wildman–Crippen LogP) is 0.760. The number of esters is 1. The molecule has 11 heteroatoms. The second-order valence-corrected chi connectivity index (χ2v) is 9.88. The van der Waals surface area contributed by atoms with Crippen LogP contribution in [0.5, 0.6) is 5.88 Å². The molecule has 1 unspecified atom stereocenters. The van der Waals surface area contributed by atoms with Gasteiger partial charge in [-0.3, -0.25) is 4.48 Å². The first-order chi connectivity index (χ1) is 15.1. The number of ether oxygens (including phenoxy) is 3. The predicted molar refractivity (Wildman–Crippen MR) is 123 cm³/mol. The second kappa shape index (κ2) is 14.1. The number of likely N-dealkylation sites (N-methyl/N-ethyl adjacent to an activating group) is 1. The van der Waals surface area contributed by atoms with Crippen molar-refractivity contribution in [3.63, 3.8) is 0 Å². The molecular weight excluding hydrogens is 559 g/mol. The fourth-order valence-corrected chi connectivity index (χ4v) is 3.82. The molecule has 1 aromatic rings. The van der Waals surface area contributed by atoms with Crippen LogP contribution in [0, 0.1) is 0 Å². The van der Waals surface area contributed by atoms with E-state index in [1.807, 2.05) is 7.05 Å². The monoisotopic (exact) mass is 596 g/mol. The molecule has 2 heterocycles. The number of hydrogen-bond donors (Lipinski definition) is 1. The van der Waals surface area contributed by atoms with Gasteiger partial charge in [0.05, 0.1) is 31.9 Å². The van der Waals surface area contributed by atoms with Crippen LogP contribution in [0.25, 0.3) is 5.57 Å². The number of quaternary nitrogens is 1. The minimum atomic E-state index is -0.642. The molecule has 0 saturated carbocycles. The molecule has 0 radical (unpaired) electrons. The Morgan fingerprint density at radius 2 is 1.97 bits per heavy atom. The Morgan fingerprint density at radius 1 is 1.21 bits per heavy atom. The van der Waals surface area contributed by atoms with E-state index < -0.39 is 17.7 Å². The van der Waals surface area contributed by atoms with Crippen molar-refractivity contribution in [2.45, 2.75) is 65.4 Å². The number of aromatic nitrogens is 2. The Kier molecular flexibility index (Phi) is 12.6. The van der Waals surface area contributed by atoms with Crippen LogP contribution in [-0.4, -0.2) is 70.9 Å². The molecule has 0 bridgehead atoms. The minimum absolute atomic E-state index is 0. The van der Waals surface area contributed by atoms with E-state index in [2.05, 4.69) is 27.1 Å². The highest BCUT2D eigenvalue weighted by atomic mass is 127. The third kappa shape index (κ3) is 11.0. The number of alkyl carbamates (subject to hydrolysis) is 1. The molecule has 1 N–H and O–H groups in total. The lowest BCUT2D eigenvalue weighted by molar-refractivity contribution is -0.919. The Hall–Kier alpha value is -1.47. The molecule has 2 rings (SSSR count). The van der Waals surface area contributed by atoms with Gasteiger partial charge in [-0.05, 0) is 27.2 Å². The van der Waals surface area contributed by atoms with Crippen molar-refractivity contribution in [1.82, 2.24) is 14.1 Å². The van der Waals surface area contributed by atoms with E-state index in [4.69, 9.17) is 14.2 Å². The largest absolute Gasteiger partial charge is 1.00 e. The van der Waals surface area contributed by atoms with Gasteiger partial charge >= 0.3 is 12.1 Å². The number of carbonyl (C=O) groups is 2. The summed E-state index contributed by atoms with van der Waals surface area (Å²) >= 11 is 1.15. The summed E-state index contributed by atoms with van der Waals surface area (Å²) in [5, 5.41) is 2.42. The number of carbonyl (C=O) groups excluding carboxylic acids is 2. The molecule has 0 aromatic carbocycles. The number of hydrogen-bond acceptors (Lipinski definition) is 8. The fourth-order valence-electron chi connectivity index (χ4n) is 3.29. The quantitative estimate of drug-likeness (QED) is 0.174. The zero-order valence-corrected chi connectivity index (χ0v) is 23.3. The molecule has 0 fully saturated rings. The molecule has 1 atom stereocenters. The number of amides is 1.